The Balaban J connectivity index is 1.32. The molecule has 0 unspecified atom stereocenters. The molecule has 2 aromatic rings. The van der Waals surface area contributed by atoms with Crippen LogP contribution in [0.3, 0.4) is 0 Å². The predicted octanol–water partition coefficient (Wildman–Crippen LogP) is 7.39. The van der Waals surface area contributed by atoms with Crippen molar-refractivity contribution in [2.45, 2.75) is 136 Å². The lowest BCUT2D eigenvalue weighted by Crippen LogP contribution is -2.40. The maximum Gasteiger partial charge on any atom is 0.306 e. The second-order valence-corrected chi connectivity index (χ2v) is 13.5. The Morgan fingerprint density at radius 3 is 2.56 bits per heavy atom. The topological polar surface area (TPSA) is 79.4 Å². The molecule has 2 heterocycles. The fraction of sp³-hybridized carbons (Fsp3) is 0.676. The van der Waals surface area contributed by atoms with Gasteiger partial charge in [0.1, 0.15) is 11.4 Å². The van der Waals surface area contributed by atoms with Crippen molar-refractivity contribution in [3.8, 4) is 11.1 Å². The average Bonchev–Trinajstić information content (AvgIpc) is 2.95. The Morgan fingerprint density at radius 1 is 1.05 bits per heavy atom. The van der Waals surface area contributed by atoms with E-state index in [0.29, 0.717) is 24.4 Å². The standard InChI is InChI=1S/C34H51N5O2/c1-5-6-18-35-33-37-22-30-29-17-14-25(21-36-27-10-8-7-9-11-27)19-26(29)23-39(32(30)38-33)28-15-12-24(13-16-28)20-31(40)41-34(2,3)4/h14,17,19,22,24,27-28,36H,5-13,15-16,18,20-21,23H2,1-4H3,(H,35,37,38). The maximum absolute atomic E-state index is 12.5. The van der Waals surface area contributed by atoms with Crippen LogP contribution < -0.4 is 15.5 Å². The minimum absolute atomic E-state index is 0.0666. The fourth-order valence-corrected chi connectivity index (χ4v) is 6.80. The molecule has 1 aliphatic heterocycles. The first kappa shape index (κ1) is 29.8. The molecule has 0 atom stereocenters. The number of carbonyl (C=O) groups is 1. The molecule has 5 rings (SSSR count). The van der Waals surface area contributed by atoms with Crippen molar-refractivity contribution >= 4 is 17.7 Å². The van der Waals surface area contributed by atoms with E-state index in [9.17, 15) is 4.79 Å². The largest absolute Gasteiger partial charge is 0.460 e. The van der Waals surface area contributed by atoms with E-state index >= 15 is 0 Å². The lowest BCUT2D eigenvalue weighted by atomic mass is 9.82. The molecule has 3 aliphatic rings. The molecule has 0 saturated heterocycles. The van der Waals surface area contributed by atoms with Crippen LogP contribution in [0.1, 0.15) is 116 Å². The van der Waals surface area contributed by atoms with Crippen molar-refractivity contribution in [3.63, 3.8) is 0 Å². The molecule has 2 aliphatic carbocycles. The molecule has 1 aromatic heterocycles. The summed E-state index contributed by atoms with van der Waals surface area (Å²) in [7, 11) is 0. The molecule has 0 radical (unpaired) electrons. The number of nitrogens with zero attached hydrogens (tertiary/aromatic N) is 3. The molecule has 0 amide bonds. The first-order valence-electron chi connectivity index (χ1n) is 16.2. The smallest absolute Gasteiger partial charge is 0.306 e. The van der Waals surface area contributed by atoms with Crippen LogP contribution in [0.2, 0.25) is 0 Å². The summed E-state index contributed by atoms with van der Waals surface area (Å²) in [5.74, 6) is 2.10. The molecular formula is C34H51N5O2. The van der Waals surface area contributed by atoms with Crippen LogP contribution in [0.5, 0.6) is 0 Å². The van der Waals surface area contributed by atoms with E-state index in [-0.39, 0.29) is 5.97 Å². The Labute approximate surface area is 247 Å². The number of benzene rings is 1. The van der Waals surface area contributed by atoms with E-state index in [1.54, 1.807) is 0 Å². The van der Waals surface area contributed by atoms with E-state index in [1.165, 1.54) is 48.8 Å². The number of hydrogen-bond acceptors (Lipinski definition) is 7. The summed E-state index contributed by atoms with van der Waals surface area (Å²) < 4.78 is 5.61. The second kappa shape index (κ2) is 13.5. The van der Waals surface area contributed by atoms with Crippen LogP contribution in [0, 0.1) is 5.92 Å². The Kier molecular flexibility index (Phi) is 9.84. The molecule has 7 nitrogen and oxygen atoms in total. The number of esters is 1. The summed E-state index contributed by atoms with van der Waals surface area (Å²) in [6, 6.07) is 8.03. The predicted molar refractivity (Wildman–Crippen MR) is 167 cm³/mol. The van der Waals surface area contributed by atoms with Crippen molar-refractivity contribution in [2.75, 3.05) is 16.8 Å². The molecule has 2 saturated carbocycles. The molecule has 1 aromatic carbocycles. The number of carbonyl (C=O) groups excluding carboxylic acids is 1. The summed E-state index contributed by atoms with van der Waals surface area (Å²) >= 11 is 0. The Morgan fingerprint density at radius 2 is 1.83 bits per heavy atom. The highest BCUT2D eigenvalue weighted by atomic mass is 16.6. The van der Waals surface area contributed by atoms with Crippen LogP contribution >= 0.6 is 0 Å². The van der Waals surface area contributed by atoms with Gasteiger partial charge in [0, 0.05) is 49.9 Å². The first-order valence-corrected chi connectivity index (χ1v) is 16.2. The Bertz CT molecular complexity index is 1160. The molecule has 224 valence electrons. The Hall–Kier alpha value is -2.67. The number of aromatic nitrogens is 2. The van der Waals surface area contributed by atoms with Gasteiger partial charge in [0.2, 0.25) is 5.95 Å². The summed E-state index contributed by atoms with van der Waals surface area (Å²) in [4.78, 5) is 24.8. The SMILES string of the molecule is CCCCNc1ncc2c(n1)N(C1CCC(CC(=O)OC(C)(C)C)CC1)Cc1cc(CNC3CCCCC3)ccc1-2. The van der Waals surface area contributed by atoms with E-state index in [4.69, 9.17) is 14.7 Å². The van der Waals surface area contributed by atoms with Gasteiger partial charge in [0.25, 0.3) is 0 Å². The van der Waals surface area contributed by atoms with Gasteiger partial charge in [-0.3, -0.25) is 4.79 Å². The molecular weight excluding hydrogens is 510 g/mol. The number of rotatable bonds is 10. The van der Waals surface area contributed by atoms with Gasteiger partial charge in [0.15, 0.2) is 0 Å². The third-order valence-corrected chi connectivity index (χ3v) is 8.99. The second-order valence-electron chi connectivity index (χ2n) is 13.5. The molecule has 2 fully saturated rings. The number of hydrogen-bond donors (Lipinski definition) is 2. The highest BCUT2D eigenvalue weighted by Gasteiger charge is 2.33. The van der Waals surface area contributed by atoms with Crippen LogP contribution in [-0.4, -0.2) is 40.2 Å². The monoisotopic (exact) mass is 561 g/mol. The lowest BCUT2D eigenvalue weighted by Gasteiger charge is -2.41. The highest BCUT2D eigenvalue weighted by Crippen LogP contribution is 2.42. The number of fused-ring (bicyclic) bond motifs is 3. The van der Waals surface area contributed by atoms with Gasteiger partial charge in [0.05, 0.1) is 0 Å². The average molecular weight is 562 g/mol. The third-order valence-electron chi connectivity index (χ3n) is 8.99. The zero-order chi connectivity index (χ0) is 28.8. The minimum atomic E-state index is -0.424. The van der Waals surface area contributed by atoms with Crippen molar-refractivity contribution in [1.29, 1.82) is 0 Å². The van der Waals surface area contributed by atoms with Gasteiger partial charge < -0.3 is 20.3 Å². The quantitative estimate of drug-likeness (QED) is 0.231. The zero-order valence-electron chi connectivity index (χ0n) is 25.8. The lowest BCUT2D eigenvalue weighted by molar-refractivity contribution is -0.156. The number of anilines is 2. The number of nitrogens with one attached hydrogen (secondary N) is 2. The number of unbranched alkanes of at least 4 members (excludes halogenated alkanes) is 1. The van der Waals surface area contributed by atoms with E-state index in [0.717, 1.165) is 75.5 Å². The fourth-order valence-electron chi connectivity index (χ4n) is 6.80. The third kappa shape index (κ3) is 8.00. The summed E-state index contributed by atoms with van der Waals surface area (Å²) in [5.41, 5.74) is 4.70. The van der Waals surface area contributed by atoms with Gasteiger partial charge in [-0.2, -0.15) is 4.98 Å². The zero-order valence-corrected chi connectivity index (χ0v) is 25.8. The van der Waals surface area contributed by atoms with Gasteiger partial charge >= 0.3 is 5.97 Å². The van der Waals surface area contributed by atoms with Crippen LogP contribution in [0.4, 0.5) is 11.8 Å². The van der Waals surface area contributed by atoms with Gasteiger partial charge in [-0.15, -0.1) is 0 Å². The van der Waals surface area contributed by atoms with Crippen molar-refractivity contribution in [2.24, 2.45) is 5.92 Å². The van der Waals surface area contributed by atoms with Gasteiger partial charge in [-0.05, 0) is 88.3 Å². The normalized spacial score (nSPS) is 21.2. The van der Waals surface area contributed by atoms with Crippen LogP contribution in [-0.2, 0) is 22.6 Å². The molecule has 0 spiro atoms. The maximum atomic E-state index is 12.5. The first-order chi connectivity index (χ1) is 19.8. The van der Waals surface area contributed by atoms with Crippen molar-refractivity contribution in [3.05, 3.63) is 35.5 Å². The molecule has 0 bridgehead atoms. The summed E-state index contributed by atoms with van der Waals surface area (Å²) in [5, 5.41) is 7.26. The molecule has 41 heavy (non-hydrogen) atoms. The molecule has 7 heteroatoms. The van der Waals surface area contributed by atoms with Crippen LogP contribution in [0.15, 0.2) is 24.4 Å². The highest BCUT2D eigenvalue weighted by molar-refractivity contribution is 5.82. The number of ether oxygens (including phenoxy) is 1. The van der Waals surface area contributed by atoms with E-state index in [1.807, 2.05) is 27.0 Å². The molecule has 2 N–H and O–H groups in total. The summed E-state index contributed by atoms with van der Waals surface area (Å²) in [6.07, 6.45) is 15.7. The van der Waals surface area contributed by atoms with Crippen LogP contribution in [0.25, 0.3) is 11.1 Å². The summed E-state index contributed by atoms with van der Waals surface area (Å²) in [6.45, 7) is 10.7. The van der Waals surface area contributed by atoms with Crippen molar-refractivity contribution in [1.82, 2.24) is 15.3 Å². The van der Waals surface area contributed by atoms with Gasteiger partial charge in [-0.1, -0.05) is 50.8 Å². The van der Waals surface area contributed by atoms with E-state index < -0.39 is 5.60 Å². The minimum Gasteiger partial charge on any atom is -0.460 e. The van der Waals surface area contributed by atoms with Crippen molar-refractivity contribution < 1.29 is 9.53 Å². The van der Waals surface area contributed by atoms with Gasteiger partial charge in [-0.25, -0.2) is 4.98 Å². The van der Waals surface area contributed by atoms with E-state index in [2.05, 4.69) is 40.7 Å².